The maximum absolute atomic E-state index is 15.5. The number of carbonyl (C=O) groups is 2. The van der Waals surface area contributed by atoms with E-state index in [-0.39, 0.29) is 36.5 Å². The van der Waals surface area contributed by atoms with E-state index in [0.717, 1.165) is 12.5 Å². The fourth-order valence-electron chi connectivity index (χ4n) is 17.5. The van der Waals surface area contributed by atoms with Crippen LogP contribution < -0.4 is 0 Å². The summed E-state index contributed by atoms with van der Waals surface area (Å²) in [4.78, 5) is 28.2. The molecule has 86 heavy (non-hydrogen) atoms. The van der Waals surface area contributed by atoms with Gasteiger partial charge in [-0.3, -0.25) is 9.59 Å². The van der Waals surface area contributed by atoms with Crippen molar-refractivity contribution in [3.8, 4) is 0 Å². The summed E-state index contributed by atoms with van der Waals surface area (Å²) >= 11 is 0. The number of allylic oxidation sites excluding steroid dienone is 2. The first-order valence-electron chi connectivity index (χ1n) is 30.1. The molecule has 5 aliphatic carbocycles. The fourth-order valence-corrected chi connectivity index (χ4v) is 17.5. The molecule has 28 nitrogen and oxygen atoms in total. The summed E-state index contributed by atoms with van der Waals surface area (Å²) < 4.78 is 64.3. The number of rotatable bonds is 13. The van der Waals surface area contributed by atoms with E-state index in [4.69, 9.17) is 52.1 Å². The van der Waals surface area contributed by atoms with E-state index in [1.165, 1.54) is 6.92 Å². The maximum Gasteiger partial charge on any atom is 0.317 e. The molecule has 492 valence electrons. The molecule has 0 aromatic heterocycles. The van der Waals surface area contributed by atoms with E-state index in [1.807, 2.05) is 0 Å². The number of aliphatic hydroxyl groups is 15. The Morgan fingerprint density at radius 2 is 1.24 bits per heavy atom. The molecule has 0 bridgehead atoms. The SMILES string of the molecule is CC(=O)OC1C(O)C(OC2C(OC(=O)C34CCC(C)(C)CC3C3=CCC5C6(C)CC(O)C(OC7OC(O)C(O)C(O)C7O)C(C)(CO)C6CCC5(C)C3(C)CC4O)OCC(O)C2O)OC(C)C1OC1OCC(O)C(OC2OCC(O)(CO)C2O)C1O. The zero-order chi connectivity index (χ0) is 62.9. The summed E-state index contributed by atoms with van der Waals surface area (Å²) in [6.45, 7) is 12.0. The van der Waals surface area contributed by atoms with Crippen LogP contribution in [0.5, 0.6) is 0 Å². The minimum Gasteiger partial charge on any atom is -0.457 e. The molecule has 10 aliphatic rings. The number of hydrogen-bond acceptors (Lipinski definition) is 28. The van der Waals surface area contributed by atoms with Crippen molar-refractivity contribution in [1.82, 2.24) is 0 Å². The van der Waals surface area contributed by atoms with Crippen LogP contribution in [-0.2, 0) is 61.7 Å². The zero-order valence-electron chi connectivity index (χ0n) is 49.8. The molecular formula is C58H92O28. The first-order chi connectivity index (χ1) is 40.2. The van der Waals surface area contributed by atoms with Crippen LogP contribution in [0.4, 0.5) is 0 Å². The molecule has 9 fully saturated rings. The van der Waals surface area contributed by atoms with Gasteiger partial charge in [0.1, 0.15) is 78.2 Å². The third-order valence-corrected chi connectivity index (χ3v) is 22.5. The molecule has 15 N–H and O–H groups in total. The molecule has 5 heterocycles. The quantitative estimate of drug-likeness (QED) is 0.0477. The molecule has 0 amide bonds. The molecule has 0 aromatic carbocycles. The van der Waals surface area contributed by atoms with E-state index in [0.29, 0.717) is 32.1 Å². The van der Waals surface area contributed by atoms with E-state index >= 15 is 4.79 Å². The molecule has 4 saturated carbocycles. The van der Waals surface area contributed by atoms with Gasteiger partial charge in [0.2, 0.25) is 6.29 Å². The first kappa shape index (κ1) is 66.6. The largest absolute Gasteiger partial charge is 0.457 e. The van der Waals surface area contributed by atoms with Crippen LogP contribution in [0, 0.1) is 50.2 Å². The van der Waals surface area contributed by atoms with Crippen molar-refractivity contribution in [3.63, 3.8) is 0 Å². The molecule has 0 aromatic rings. The van der Waals surface area contributed by atoms with Gasteiger partial charge in [-0.05, 0) is 97.7 Å². The van der Waals surface area contributed by atoms with Crippen molar-refractivity contribution in [3.05, 3.63) is 11.6 Å². The predicted molar refractivity (Wildman–Crippen MR) is 285 cm³/mol. The van der Waals surface area contributed by atoms with E-state index in [9.17, 15) is 81.4 Å². The monoisotopic (exact) mass is 1240 g/mol. The summed E-state index contributed by atoms with van der Waals surface area (Å²) in [5, 5.41) is 166. The summed E-state index contributed by atoms with van der Waals surface area (Å²) in [7, 11) is 0. The Hall–Kier alpha value is -2.28. The Morgan fingerprint density at radius 1 is 0.605 bits per heavy atom. The second-order valence-electron chi connectivity index (χ2n) is 28.2. The lowest BCUT2D eigenvalue weighted by atomic mass is 9.33. The van der Waals surface area contributed by atoms with Crippen LogP contribution in [0.15, 0.2) is 11.6 Å². The van der Waals surface area contributed by atoms with Crippen molar-refractivity contribution < 1.29 is 138 Å². The highest BCUT2D eigenvalue weighted by Gasteiger charge is 2.73. The standard InChI is InChI=1S/C58H92O28/c1-23-39(81-46-37(70)40(29(64)19-76-46)82-50-43(72)57(75,21-60)22-78-50)41(80-24(2)61)38(71)48(79-23)83-42-33(66)28(63)18-77-49(42)86-51(74)58-14-13-52(3,4)15-26(58)25-9-10-31-53(5)16-27(62)44(84-47-36(69)34(67)35(68)45(73)85-47)54(6,20-59)30(53)11-12-55(31,7)56(25,8)17-32(58)65/h9,23,26-50,59-60,62-73,75H,10-22H2,1-8H3. The molecular weight excluding hydrogens is 1140 g/mol. The predicted octanol–water partition coefficient (Wildman–Crippen LogP) is -3.82. The van der Waals surface area contributed by atoms with Gasteiger partial charge in [-0.25, -0.2) is 0 Å². The zero-order valence-corrected chi connectivity index (χ0v) is 49.8. The van der Waals surface area contributed by atoms with Gasteiger partial charge >= 0.3 is 11.9 Å². The van der Waals surface area contributed by atoms with Crippen LogP contribution in [0.3, 0.4) is 0 Å². The van der Waals surface area contributed by atoms with Crippen molar-refractivity contribution in [1.29, 1.82) is 0 Å². The van der Waals surface area contributed by atoms with Crippen LogP contribution in [0.2, 0.25) is 0 Å². The summed E-state index contributed by atoms with van der Waals surface area (Å²) in [5.41, 5.74) is -6.21. The fraction of sp³-hybridized carbons (Fsp3) is 0.931. The van der Waals surface area contributed by atoms with Gasteiger partial charge < -0.3 is 129 Å². The molecule has 28 heteroatoms. The molecule has 5 aliphatic heterocycles. The van der Waals surface area contributed by atoms with Gasteiger partial charge in [0.15, 0.2) is 43.7 Å². The highest BCUT2D eigenvalue weighted by Crippen LogP contribution is 2.76. The number of hydrogen-bond donors (Lipinski definition) is 15. The lowest BCUT2D eigenvalue weighted by molar-refractivity contribution is -0.372. The van der Waals surface area contributed by atoms with Gasteiger partial charge in [0.05, 0.1) is 57.5 Å². The molecule has 32 atom stereocenters. The van der Waals surface area contributed by atoms with Gasteiger partial charge in [0.25, 0.3) is 0 Å². The third-order valence-electron chi connectivity index (χ3n) is 22.5. The number of esters is 2. The maximum atomic E-state index is 15.5. The Bertz CT molecular complexity index is 2470. The Morgan fingerprint density at radius 3 is 1.91 bits per heavy atom. The highest BCUT2D eigenvalue weighted by molar-refractivity contribution is 5.80. The topological polar surface area (TPSA) is 439 Å². The first-order valence-corrected chi connectivity index (χ1v) is 30.1. The minimum atomic E-state index is -2.09. The van der Waals surface area contributed by atoms with Crippen molar-refractivity contribution in [2.75, 3.05) is 33.0 Å². The van der Waals surface area contributed by atoms with Gasteiger partial charge in [0, 0.05) is 12.3 Å². The molecule has 5 saturated heterocycles. The van der Waals surface area contributed by atoms with E-state index in [2.05, 4.69) is 40.7 Å². The second kappa shape index (κ2) is 24.0. The number of carbonyl (C=O) groups excluding carboxylic acids is 2. The van der Waals surface area contributed by atoms with Gasteiger partial charge in [-0.1, -0.05) is 53.2 Å². The Kier molecular flexibility index (Phi) is 18.6. The lowest BCUT2D eigenvalue weighted by Crippen LogP contribution is -2.70. The van der Waals surface area contributed by atoms with Crippen LogP contribution in [0.25, 0.3) is 0 Å². The summed E-state index contributed by atoms with van der Waals surface area (Å²) in [6, 6.07) is 0. The van der Waals surface area contributed by atoms with Crippen LogP contribution in [0.1, 0.15) is 107 Å². The minimum absolute atomic E-state index is 0.107. The average Bonchev–Trinajstić information content (AvgIpc) is 0.742. The second-order valence-corrected chi connectivity index (χ2v) is 28.2. The van der Waals surface area contributed by atoms with E-state index in [1.54, 1.807) is 6.92 Å². The van der Waals surface area contributed by atoms with Crippen LogP contribution in [-0.4, -0.2) is 269 Å². The van der Waals surface area contributed by atoms with Crippen molar-refractivity contribution >= 4 is 11.9 Å². The van der Waals surface area contributed by atoms with Crippen molar-refractivity contribution in [2.45, 2.75) is 254 Å². The smallest absolute Gasteiger partial charge is 0.317 e. The normalized spacial score (nSPS) is 54.5. The highest BCUT2D eigenvalue weighted by atomic mass is 16.8. The summed E-state index contributed by atoms with van der Waals surface area (Å²) in [5.74, 6) is -2.83. The Labute approximate surface area is 497 Å². The molecule has 10 rings (SSSR count). The molecule has 0 radical (unpaired) electrons. The van der Waals surface area contributed by atoms with E-state index < -0.39 is 225 Å². The number of ether oxygens (including phenoxy) is 11. The van der Waals surface area contributed by atoms with Crippen LogP contribution >= 0.6 is 0 Å². The third kappa shape index (κ3) is 10.8. The number of aliphatic hydroxyl groups excluding tert-OH is 14. The van der Waals surface area contributed by atoms with Gasteiger partial charge in [-0.15, -0.1) is 0 Å². The number of fused-ring (bicyclic) bond motifs is 7. The molecule has 32 unspecified atom stereocenters. The molecule has 0 spiro atoms. The lowest BCUT2D eigenvalue weighted by Gasteiger charge is -2.72. The van der Waals surface area contributed by atoms with Gasteiger partial charge in [-0.2, -0.15) is 0 Å². The van der Waals surface area contributed by atoms with Crippen molar-refractivity contribution in [2.24, 2.45) is 50.2 Å². The average molecular weight is 1240 g/mol. The Balaban J connectivity index is 0.877. The summed E-state index contributed by atoms with van der Waals surface area (Å²) in [6.07, 6.45) is -32.7.